The standard InChI is InChI=1S/C8H7ClN4O/c9-4-1-2-6(10)5(3-4)7-11-8(14)13-12-7/h1-3H,10H2,(H2,11,12,13,14). The molecule has 72 valence electrons. The number of hydrogen-bond acceptors (Lipinski definition) is 3. The van der Waals surface area contributed by atoms with E-state index in [0.717, 1.165) is 0 Å². The van der Waals surface area contributed by atoms with Crippen LogP contribution in [0.15, 0.2) is 23.0 Å². The third kappa shape index (κ3) is 1.49. The van der Waals surface area contributed by atoms with Crippen LogP contribution in [0.3, 0.4) is 0 Å². The fourth-order valence-electron chi connectivity index (χ4n) is 1.13. The molecule has 1 heterocycles. The highest BCUT2D eigenvalue weighted by Gasteiger charge is 2.06. The number of benzene rings is 1. The van der Waals surface area contributed by atoms with Gasteiger partial charge in [0.1, 0.15) is 0 Å². The van der Waals surface area contributed by atoms with Crippen LogP contribution in [0.5, 0.6) is 0 Å². The molecule has 0 aliphatic heterocycles. The van der Waals surface area contributed by atoms with Gasteiger partial charge in [0.15, 0.2) is 5.82 Å². The Labute approximate surface area is 83.9 Å². The maximum atomic E-state index is 10.8. The Kier molecular flexibility index (Phi) is 2.01. The van der Waals surface area contributed by atoms with E-state index < -0.39 is 0 Å². The Balaban J connectivity index is 2.61. The first-order chi connectivity index (χ1) is 6.66. The highest BCUT2D eigenvalue weighted by atomic mass is 35.5. The number of aromatic amines is 2. The molecule has 0 amide bonds. The quantitative estimate of drug-likeness (QED) is 0.614. The van der Waals surface area contributed by atoms with Gasteiger partial charge in [0, 0.05) is 16.3 Å². The van der Waals surface area contributed by atoms with Crippen LogP contribution in [0.4, 0.5) is 5.69 Å². The smallest absolute Gasteiger partial charge is 0.340 e. The Morgan fingerprint density at radius 2 is 2.21 bits per heavy atom. The number of nitrogens with zero attached hydrogens (tertiary/aromatic N) is 1. The number of halogens is 1. The largest absolute Gasteiger partial charge is 0.398 e. The zero-order valence-electron chi connectivity index (χ0n) is 7.04. The molecule has 0 aliphatic rings. The van der Waals surface area contributed by atoms with Gasteiger partial charge in [-0.1, -0.05) is 11.6 Å². The predicted octanol–water partition coefficient (Wildman–Crippen LogP) is 1.00. The molecule has 0 bridgehead atoms. The molecule has 0 fully saturated rings. The fourth-order valence-corrected chi connectivity index (χ4v) is 1.30. The summed E-state index contributed by atoms with van der Waals surface area (Å²) in [5, 5.41) is 6.55. The molecule has 0 aliphatic carbocycles. The van der Waals surface area contributed by atoms with Crippen molar-refractivity contribution in [3.05, 3.63) is 33.7 Å². The van der Waals surface area contributed by atoms with Gasteiger partial charge in [-0.3, -0.25) is 4.98 Å². The lowest BCUT2D eigenvalue weighted by Crippen LogP contribution is -2.00. The first-order valence-corrected chi connectivity index (χ1v) is 4.24. The van der Waals surface area contributed by atoms with Gasteiger partial charge in [0.2, 0.25) is 0 Å². The lowest BCUT2D eigenvalue weighted by molar-refractivity contribution is 1.05. The van der Waals surface area contributed by atoms with Crippen molar-refractivity contribution in [2.75, 3.05) is 5.73 Å². The Hall–Kier alpha value is -1.75. The van der Waals surface area contributed by atoms with E-state index in [4.69, 9.17) is 17.3 Å². The zero-order valence-corrected chi connectivity index (χ0v) is 7.80. The number of hydrogen-bond donors (Lipinski definition) is 3. The summed E-state index contributed by atoms with van der Waals surface area (Å²) in [5.41, 5.74) is 6.44. The molecule has 5 nitrogen and oxygen atoms in total. The molecular formula is C8H7ClN4O. The van der Waals surface area contributed by atoms with Crippen molar-refractivity contribution in [3.8, 4) is 11.4 Å². The molecule has 2 rings (SSSR count). The normalized spacial score (nSPS) is 10.4. The lowest BCUT2D eigenvalue weighted by Gasteiger charge is -2.01. The third-order valence-electron chi connectivity index (χ3n) is 1.77. The van der Waals surface area contributed by atoms with Crippen molar-refractivity contribution < 1.29 is 0 Å². The minimum absolute atomic E-state index is 0.376. The van der Waals surface area contributed by atoms with Gasteiger partial charge in [0.25, 0.3) is 0 Å². The molecule has 0 radical (unpaired) electrons. The topological polar surface area (TPSA) is 87.6 Å². The molecule has 0 spiro atoms. The van der Waals surface area contributed by atoms with Gasteiger partial charge < -0.3 is 5.73 Å². The average molecular weight is 211 g/mol. The molecule has 4 N–H and O–H groups in total. The summed E-state index contributed by atoms with van der Waals surface area (Å²) in [4.78, 5) is 13.3. The van der Waals surface area contributed by atoms with Crippen LogP contribution in [-0.4, -0.2) is 15.2 Å². The predicted molar refractivity (Wildman–Crippen MR) is 54.1 cm³/mol. The maximum Gasteiger partial charge on any atom is 0.340 e. The molecule has 2 aromatic rings. The maximum absolute atomic E-state index is 10.8. The Bertz CT molecular complexity index is 516. The van der Waals surface area contributed by atoms with Crippen molar-refractivity contribution in [1.29, 1.82) is 0 Å². The minimum atomic E-state index is -0.376. The van der Waals surface area contributed by atoms with Crippen LogP contribution in [0.25, 0.3) is 11.4 Å². The van der Waals surface area contributed by atoms with Gasteiger partial charge in [0.05, 0.1) is 0 Å². The number of H-pyrrole nitrogens is 2. The zero-order chi connectivity index (χ0) is 10.1. The van der Waals surface area contributed by atoms with Gasteiger partial charge in [-0.25, -0.2) is 9.89 Å². The highest BCUT2D eigenvalue weighted by Crippen LogP contribution is 2.24. The van der Waals surface area contributed by atoms with Crippen molar-refractivity contribution in [1.82, 2.24) is 15.2 Å². The van der Waals surface area contributed by atoms with E-state index in [1.807, 2.05) is 0 Å². The van der Waals surface area contributed by atoms with Gasteiger partial charge in [-0.2, -0.15) is 5.10 Å². The average Bonchev–Trinajstić information content (AvgIpc) is 2.56. The van der Waals surface area contributed by atoms with Gasteiger partial charge in [-0.15, -0.1) is 0 Å². The monoisotopic (exact) mass is 210 g/mol. The second-order valence-electron chi connectivity index (χ2n) is 2.76. The van der Waals surface area contributed by atoms with Gasteiger partial charge >= 0.3 is 5.69 Å². The summed E-state index contributed by atoms with van der Waals surface area (Å²) in [6.45, 7) is 0. The van der Waals surface area contributed by atoms with E-state index in [1.54, 1.807) is 18.2 Å². The Morgan fingerprint density at radius 1 is 1.43 bits per heavy atom. The SMILES string of the molecule is Nc1ccc(Cl)cc1-c1n[nH]c(=O)[nH]1. The second kappa shape index (κ2) is 3.19. The van der Waals surface area contributed by atoms with Crippen LogP contribution >= 0.6 is 11.6 Å². The minimum Gasteiger partial charge on any atom is -0.398 e. The summed E-state index contributed by atoms with van der Waals surface area (Å²) in [6.07, 6.45) is 0. The summed E-state index contributed by atoms with van der Waals surface area (Å²) < 4.78 is 0. The van der Waals surface area contributed by atoms with Crippen molar-refractivity contribution in [2.24, 2.45) is 0 Å². The van der Waals surface area contributed by atoms with Crippen LogP contribution in [0.1, 0.15) is 0 Å². The van der Waals surface area contributed by atoms with Crippen LogP contribution in [0.2, 0.25) is 5.02 Å². The summed E-state index contributed by atoms with van der Waals surface area (Å²) in [6, 6.07) is 4.97. The molecule has 6 heteroatoms. The molecular weight excluding hydrogens is 204 g/mol. The number of anilines is 1. The molecule has 0 unspecified atom stereocenters. The van der Waals surface area contributed by atoms with Gasteiger partial charge in [-0.05, 0) is 18.2 Å². The number of nitrogen functional groups attached to an aromatic ring is 1. The number of nitrogens with one attached hydrogen (secondary N) is 2. The van der Waals surface area contributed by atoms with E-state index in [-0.39, 0.29) is 5.69 Å². The molecule has 14 heavy (non-hydrogen) atoms. The first-order valence-electron chi connectivity index (χ1n) is 3.87. The van der Waals surface area contributed by atoms with E-state index in [9.17, 15) is 4.79 Å². The molecule has 0 atom stereocenters. The van der Waals surface area contributed by atoms with Crippen LogP contribution in [-0.2, 0) is 0 Å². The summed E-state index contributed by atoms with van der Waals surface area (Å²) in [5.74, 6) is 0.384. The van der Waals surface area contributed by atoms with Crippen LogP contribution < -0.4 is 11.4 Å². The second-order valence-corrected chi connectivity index (χ2v) is 3.19. The molecule has 1 aromatic heterocycles. The van der Waals surface area contributed by atoms with E-state index >= 15 is 0 Å². The lowest BCUT2D eigenvalue weighted by atomic mass is 10.2. The number of aromatic nitrogens is 3. The van der Waals surface area contributed by atoms with Crippen molar-refractivity contribution in [2.45, 2.75) is 0 Å². The fraction of sp³-hybridized carbons (Fsp3) is 0. The molecule has 0 saturated heterocycles. The first kappa shape index (κ1) is 8.83. The number of rotatable bonds is 1. The summed E-state index contributed by atoms with van der Waals surface area (Å²) in [7, 11) is 0. The van der Waals surface area contributed by atoms with Crippen molar-refractivity contribution >= 4 is 17.3 Å². The highest BCUT2D eigenvalue weighted by molar-refractivity contribution is 6.31. The summed E-state index contributed by atoms with van der Waals surface area (Å²) >= 11 is 5.79. The molecule has 0 saturated carbocycles. The molecule has 1 aromatic carbocycles. The van der Waals surface area contributed by atoms with Crippen LogP contribution in [0, 0.1) is 0 Å². The van der Waals surface area contributed by atoms with E-state index in [2.05, 4.69) is 15.2 Å². The Morgan fingerprint density at radius 3 is 2.86 bits per heavy atom. The number of nitrogens with two attached hydrogens (primary N) is 1. The van der Waals surface area contributed by atoms with Crippen molar-refractivity contribution in [3.63, 3.8) is 0 Å². The van der Waals surface area contributed by atoms with E-state index in [1.165, 1.54) is 0 Å². The third-order valence-corrected chi connectivity index (χ3v) is 2.01. The van der Waals surface area contributed by atoms with E-state index in [0.29, 0.717) is 22.1 Å².